The highest BCUT2D eigenvalue weighted by Crippen LogP contribution is 2.34. The lowest BCUT2D eigenvalue weighted by molar-refractivity contribution is 0.000998. The monoisotopic (exact) mass is 330 g/mol. The number of carbonyl (C=O) groups is 1. The number of aromatic nitrogens is 1. The minimum absolute atomic E-state index is 0.379. The van der Waals surface area contributed by atoms with Crippen molar-refractivity contribution in [2.45, 2.75) is 26.3 Å². The molecular weight excluding hydrogens is 308 g/mol. The molecule has 0 saturated carbocycles. The summed E-state index contributed by atoms with van der Waals surface area (Å²) in [7, 11) is 0. The van der Waals surface area contributed by atoms with E-state index >= 15 is 0 Å². The lowest BCUT2D eigenvalue weighted by Crippen LogP contribution is -2.57. The summed E-state index contributed by atoms with van der Waals surface area (Å²) < 4.78 is 0. The first-order valence-corrected chi connectivity index (χ1v) is 8.92. The van der Waals surface area contributed by atoms with E-state index in [9.17, 15) is 4.79 Å². The van der Waals surface area contributed by atoms with Gasteiger partial charge in [0.15, 0.2) is 0 Å². The summed E-state index contributed by atoms with van der Waals surface area (Å²) in [6, 6.07) is 6.57. The summed E-state index contributed by atoms with van der Waals surface area (Å²) >= 11 is 1.38. The number of pyridine rings is 1. The average molecular weight is 330 g/mol. The van der Waals surface area contributed by atoms with Gasteiger partial charge >= 0.3 is 0 Å². The van der Waals surface area contributed by atoms with Crippen LogP contribution in [-0.4, -0.2) is 48.0 Å². The van der Waals surface area contributed by atoms with Crippen molar-refractivity contribution in [2.24, 2.45) is 11.1 Å². The highest BCUT2D eigenvalue weighted by molar-refractivity contribution is 7.20. The molecule has 2 aliphatic heterocycles. The fraction of sp³-hybridized carbons (Fsp3) is 0.529. The molecule has 0 bridgehead atoms. The Morgan fingerprint density at radius 3 is 2.87 bits per heavy atom. The number of carbonyl (C=O) groups excluding carboxylic acids is 1. The molecule has 0 aromatic carbocycles. The average Bonchev–Trinajstić information content (AvgIpc) is 3.10. The lowest BCUT2D eigenvalue weighted by atomic mass is 9.83. The van der Waals surface area contributed by atoms with Gasteiger partial charge in [0.05, 0.1) is 4.88 Å². The standard InChI is InChI=1S/C17H22N4OS/c1-17(2)9-21(10-17)12-5-6-20(8-12)14-4-3-11-7-13(15(18)22)23-16(11)19-14/h3-4,7,12H,5-6,8-10H2,1-2H3,(H2,18,22). The third-order valence-electron chi connectivity index (χ3n) is 4.88. The van der Waals surface area contributed by atoms with Gasteiger partial charge in [-0.25, -0.2) is 4.98 Å². The molecule has 122 valence electrons. The Balaban J connectivity index is 1.50. The normalized spacial score (nSPS) is 24.1. The second-order valence-electron chi connectivity index (χ2n) is 7.50. The summed E-state index contributed by atoms with van der Waals surface area (Å²) in [6.07, 6.45) is 1.20. The molecule has 4 rings (SSSR count). The topological polar surface area (TPSA) is 62.5 Å². The summed E-state index contributed by atoms with van der Waals surface area (Å²) in [4.78, 5) is 22.5. The zero-order valence-electron chi connectivity index (χ0n) is 13.6. The number of fused-ring (bicyclic) bond motifs is 1. The van der Waals surface area contributed by atoms with Gasteiger partial charge in [0.2, 0.25) is 0 Å². The molecule has 5 nitrogen and oxygen atoms in total. The maximum absolute atomic E-state index is 11.3. The van der Waals surface area contributed by atoms with Crippen LogP contribution in [0, 0.1) is 5.41 Å². The highest BCUT2D eigenvalue weighted by Gasteiger charge is 2.40. The summed E-state index contributed by atoms with van der Waals surface area (Å²) in [5.74, 6) is 0.633. The predicted molar refractivity (Wildman–Crippen MR) is 94.1 cm³/mol. The van der Waals surface area contributed by atoms with Gasteiger partial charge in [-0.3, -0.25) is 9.69 Å². The first-order valence-electron chi connectivity index (χ1n) is 8.11. The molecule has 23 heavy (non-hydrogen) atoms. The minimum Gasteiger partial charge on any atom is -0.365 e. The van der Waals surface area contributed by atoms with Gasteiger partial charge < -0.3 is 10.6 Å². The maximum atomic E-state index is 11.3. The van der Waals surface area contributed by atoms with Crippen molar-refractivity contribution in [2.75, 3.05) is 31.1 Å². The quantitative estimate of drug-likeness (QED) is 0.938. The molecule has 2 fully saturated rings. The van der Waals surface area contributed by atoms with Crippen LogP contribution in [-0.2, 0) is 0 Å². The Bertz CT molecular complexity index is 761. The van der Waals surface area contributed by atoms with E-state index in [1.165, 1.54) is 30.8 Å². The van der Waals surface area contributed by atoms with Crippen LogP contribution in [0.1, 0.15) is 29.9 Å². The molecule has 0 aliphatic carbocycles. The smallest absolute Gasteiger partial charge is 0.258 e. The number of rotatable bonds is 3. The van der Waals surface area contributed by atoms with Crippen molar-refractivity contribution in [1.29, 1.82) is 0 Å². The number of nitrogens with two attached hydrogens (primary N) is 1. The van der Waals surface area contributed by atoms with E-state index in [4.69, 9.17) is 10.7 Å². The first-order chi connectivity index (χ1) is 10.9. The fourth-order valence-electron chi connectivity index (χ4n) is 3.76. The van der Waals surface area contributed by atoms with Crippen molar-refractivity contribution in [3.63, 3.8) is 0 Å². The van der Waals surface area contributed by atoms with Gasteiger partial charge in [-0.05, 0) is 30.0 Å². The van der Waals surface area contributed by atoms with Crippen molar-refractivity contribution in [3.8, 4) is 0 Å². The third-order valence-corrected chi connectivity index (χ3v) is 5.94. The van der Waals surface area contributed by atoms with E-state index in [0.717, 1.165) is 29.1 Å². The molecule has 1 unspecified atom stereocenters. The third kappa shape index (κ3) is 2.70. The molecular formula is C17H22N4OS. The molecule has 6 heteroatoms. The molecule has 0 radical (unpaired) electrons. The van der Waals surface area contributed by atoms with Gasteiger partial charge in [0, 0.05) is 37.6 Å². The molecule has 1 atom stereocenters. The number of amides is 1. The summed E-state index contributed by atoms with van der Waals surface area (Å²) in [5, 5.41) is 0.993. The Hall–Kier alpha value is -1.66. The van der Waals surface area contributed by atoms with Crippen LogP contribution in [0.25, 0.3) is 10.2 Å². The van der Waals surface area contributed by atoms with Crippen LogP contribution in [0.5, 0.6) is 0 Å². The number of nitrogens with zero attached hydrogens (tertiary/aromatic N) is 3. The van der Waals surface area contributed by atoms with Gasteiger partial charge in [0.1, 0.15) is 10.6 Å². The fourth-order valence-corrected chi connectivity index (χ4v) is 4.64. The summed E-state index contributed by atoms with van der Waals surface area (Å²) in [6.45, 7) is 9.16. The first kappa shape index (κ1) is 14.9. The van der Waals surface area contributed by atoms with Gasteiger partial charge in [-0.15, -0.1) is 11.3 Å². The van der Waals surface area contributed by atoms with Crippen molar-refractivity contribution in [3.05, 3.63) is 23.1 Å². The van der Waals surface area contributed by atoms with Crippen LogP contribution < -0.4 is 10.6 Å². The molecule has 0 spiro atoms. The minimum atomic E-state index is -0.379. The van der Waals surface area contributed by atoms with Gasteiger partial charge in [-0.2, -0.15) is 0 Å². The van der Waals surface area contributed by atoms with E-state index in [1.807, 2.05) is 12.1 Å². The zero-order chi connectivity index (χ0) is 16.2. The molecule has 2 N–H and O–H groups in total. The van der Waals surface area contributed by atoms with Crippen LogP contribution in [0.3, 0.4) is 0 Å². The molecule has 2 aliphatic rings. The second kappa shape index (κ2) is 5.18. The molecule has 1 amide bonds. The number of hydrogen-bond acceptors (Lipinski definition) is 5. The van der Waals surface area contributed by atoms with Crippen LogP contribution in [0.15, 0.2) is 18.2 Å². The molecule has 2 aromatic rings. The number of hydrogen-bond donors (Lipinski definition) is 1. The second-order valence-corrected chi connectivity index (χ2v) is 8.53. The van der Waals surface area contributed by atoms with Crippen molar-refractivity contribution >= 4 is 33.3 Å². The van der Waals surface area contributed by atoms with Crippen molar-refractivity contribution < 1.29 is 4.79 Å². The van der Waals surface area contributed by atoms with Crippen molar-refractivity contribution in [1.82, 2.24) is 9.88 Å². The number of primary amides is 1. The van der Waals surface area contributed by atoms with Crippen LogP contribution >= 0.6 is 11.3 Å². The van der Waals surface area contributed by atoms with Gasteiger partial charge in [0.25, 0.3) is 5.91 Å². The maximum Gasteiger partial charge on any atom is 0.258 e. The Labute approximate surface area is 140 Å². The van der Waals surface area contributed by atoms with Crippen LogP contribution in [0.4, 0.5) is 5.82 Å². The van der Waals surface area contributed by atoms with E-state index < -0.39 is 0 Å². The number of anilines is 1. The van der Waals surface area contributed by atoms with Gasteiger partial charge in [-0.1, -0.05) is 13.8 Å². The lowest BCUT2D eigenvalue weighted by Gasteiger charge is -2.49. The van der Waals surface area contributed by atoms with Crippen LogP contribution in [0.2, 0.25) is 0 Å². The van der Waals surface area contributed by atoms with E-state index in [-0.39, 0.29) is 5.91 Å². The Morgan fingerprint density at radius 1 is 1.39 bits per heavy atom. The highest BCUT2D eigenvalue weighted by atomic mass is 32.1. The SMILES string of the molecule is CC1(C)CN(C2CCN(c3ccc4cc(C(N)=O)sc4n3)C2)C1. The number of thiophene rings is 1. The number of likely N-dealkylation sites (tertiary alicyclic amines) is 1. The van der Waals surface area contributed by atoms with E-state index in [1.54, 1.807) is 0 Å². The summed E-state index contributed by atoms with van der Waals surface area (Å²) in [5.41, 5.74) is 5.84. The van der Waals surface area contributed by atoms with E-state index in [2.05, 4.69) is 29.7 Å². The molecule has 2 saturated heterocycles. The molecule has 4 heterocycles. The zero-order valence-corrected chi connectivity index (χ0v) is 14.4. The van der Waals surface area contributed by atoms with E-state index in [0.29, 0.717) is 16.3 Å². The Kier molecular flexibility index (Phi) is 3.35. The predicted octanol–water partition coefficient (Wildman–Crippen LogP) is 2.32. The largest absolute Gasteiger partial charge is 0.365 e. The Morgan fingerprint density at radius 2 is 2.17 bits per heavy atom. The molecule has 2 aromatic heterocycles.